The maximum absolute atomic E-state index is 13.4. The average Bonchev–Trinajstić information content (AvgIpc) is 3.07. The van der Waals surface area contributed by atoms with Crippen LogP contribution in [0.3, 0.4) is 0 Å². The van der Waals surface area contributed by atoms with Crippen LogP contribution in [0.2, 0.25) is 0 Å². The van der Waals surface area contributed by atoms with E-state index >= 15 is 0 Å². The van der Waals surface area contributed by atoms with E-state index in [4.69, 9.17) is 14.6 Å². The van der Waals surface area contributed by atoms with Gasteiger partial charge in [0, 0.05) is 28.6 Å². The quantitative estimate of drug-likeness (QED) is 0.117. The van der Waals surface area contributed by atoms with Crippen molar-refractivity contribution in [3.05, 3.63) is 127 Å². The van der Waals surface area contributed by atoms with Crippen molar-refractivity contribution < 1.29 is 29.0 Å². The van der Waals surface area contributed by atoms with Gasteiger partial charge in [-0.1, -0.05) is 103 Å². The van der Waals surface area contributed by atoms with Crippen LogP contribution >= 0.6 is 0 Å². The second kappa shape index (κ2) is 13.2. The molecule has 0 bridgehead atoms. The van der Waals surface area contributed by atoms with Crippen molar-refractivity contribution in [2.45, 2.75) is 13.3 Å². The van der Waals surface area contributed by atoms with E-state index < -0.39 is 18.2 Å². The smallest absolute Gasteiger partial charge is 0.417 e. The molecule has 228 valence electrons. The lowest BCUT2D eigenvalue weighted by Crippen LogP contribution is -2.27. The van der Waals surface area contributed by atoms with E-state index in [0.29, 0.717) is 23.2 Å². The molecule has 8 nitrogen and oxygen atoms in total. The Bertz CT molecular complexity index is 2150. The minimum atomic E-state index is -1.01. The highest BCUT2D eigenvalue weighted by molar-refractivity contribution is 6.11. The second-order valence-corrected chi connectivity index (χ2v) is 10.7. The molecule has 0 aromatic heterocycles. The van der Waals surface area contributed by atoms with Gasteiger partial charge < -0.3 is 19.9 Å². The van der Waals surface area contributed by atoms with E-state index in [9.17, 15) is 14.4 Å². The fraction of sp³-hybridized carbons (Fsp3) is 0.0789. The molecule has 0 heterocycles. The Morgan fingerprint density at radius 2 is 1.13 bits per heavy atom. The molecule has 0 radical (unpaired) electrons. The van der Waals surface area contributed by atoms with Crippen LogP contribution in [0.4, 0.5) is 15.3 Å². The highest BCUT2D eigenvalue weighted by atomic mass is 16.6. The third kappa shape index (κ3) is 6.37. The molecule has 0 aliphatic carbocycles. The van der Waals surface area contributed by atoms with Gasteiger partial charge in [-0.3, -0.25) is 5.32 Å². The maximum Gasteiger partial charge on any atom is 0.417 e. The minimum absolute atomic E-state index is 0.184. The molecule has 0 aliphatic rings. The SMILES string of the molecule is CC(=CCCNC(=O)Oc1ccc2ccccc2c1-c1c(OC(=O)Nc2cccc3ccccc23)ccc2ccccc12)C(=O)O. The fourth-order valence-electron chi connectivity index (χ4n) is 5.44. The summed E-state index contributed by atoms with van der Waals surface area (Å²) in [5.41, 5.74) is 1.98. The molecular weight excluding hydrogens is 580 g/mol. The van der Waals surface area contributed by atoms with Crippen LogP contribution in [0.5, 0.6) is 11.5 Å². The first-order valence-corrected chi connectivity index (χ1v) is 14.8. The molecule has 6 aromatic rings. The monoisotopic (exact) mass is 610 g/mol. The normalized spacial score (nSPS) is 11.4. The number of carboxylic acids is 1. The molecular formula is C38H30N2O6. The van der Waals surface area contributed by atoms with Gasteiger partial charge in [0.1, 0.15) is 11.5 Å². The number of aliphatic carboxylic acids is 1. The van der Waals surface area contributed by atoms with Crippen molar-refractivity contribution >= 4 is 56.2 Å². The lowest BCUT2D eigenvalue weighted by molar-refractivity contribution is -0.132. The minimum Gasteiger partial charge on any atom is -0.478 e. The van der Waals surface area contributed by atoms with Crippen LogP contribution in [0.25, 0.3) is 43.4 Å². The summed E-state index contributed by atoms with van der Waals surface area (Å²) in [6.07, 6.45) is 0.491. The summed E-state index contributed by atoms with van der Waals surface area (Å²) in [6.45, 7) is 1.68. The van der Waals surface area contributed by atoms with E-state index in [0.717, 1.165) is 32.3 Å². The Labute approximate surface area is 264 Å². The topological polar surface area (TPSA) is 114 Å². The molecule has 2 amide bonds. The first-order valence-electron chi connectivity index (χ1n) is 14.8. The number of hydrogen-bond donors (Lipinski definition) is 3. The lowest BCUT2D eigenvalue weighted by atomic mass is 9.92. The predicted octanol–water partition coefficient (Wildman–Crippen LogP) is 8.93. The zero-order valence-corrected chi connectivity index (χ0v) is 24.9. The summed E-state index contributed by atoms with van der Waals surface area (Å²) in [7, 11) is 0. The van der Waals surface area contributed by atoms with Gasteiger partial charge in [-0.25, -0.2) is 14.4 Å². The van der Waals surface area contributed by atoms with Crippen molar-refractivity contribution in [2.24, 2.45) is 0 Å². The Morgan fingerprint density at radius 3 is 1.72 bits per heavy atom. The van der Waals surface area contributed by atoms with Crippen LogP contribution in [0, 0.1) is 0 Å². The number of amides is 2. The van der Waals surface area contributed by atoms with E-state index in [1.54, 1.807) is 12.1 Å². The third-order valence-electron chi connectivity index (χ3n) is 7.66. The Kier molecular flexibility index (Phi) is 8.60. The largest absolute Gasteiger partial charge is 0.478 e. The summed E-state index contributed by atoms with van der Waals surface area (Å²) >= 11 is 0. The Morgan fingerprint density at radius 1 is 0.630 bits per heavy atom. The summed E-state index contributed by atoms with van der Waals surface area (Å²) < 4.78 is 11.9. The number of carboxylic acid groups (broad SMARTS) is 1. The van der Waals surface area contributed by atoms with Gasteiger partial charge in [0.15, 0.2) is 0 Å². The number of ether oxygens (including phenoxy) is 2. The summed E-state index contributed by atoms with van der Waals surface area (Å²) in [4.78, 5) is 37.5. The van der Waals surface area contributed by atoms with Gasteiger partial charge in [0.05, 0.1) is 5.69 Å². The average molecular weight is 611 g/mol. The van der Waals surface area contributed by atoms with Crippen LogP contribution in [-0.4, -0.2) is 29.8 Å². The zero-order chi connectivity index (χ0) is 32.0. The van der Waals surface area contributed by atoms with Gasteiger partial charge >= 0.3 is 18.2 Å². The van der Waals surface area contributed by atoms with Crippen molar-refractivity contribution in [3.8, 4) is 22.6 Å². The van der Waals surface area contributed by atoms with E-state index in [1.807, 2.05) is 103 Å². The zero-order valence-electron chi connectivity index (χ0n) is 24.9. The molecule has 0 atom stereocenters. The number of nitrogens with one attached hydrogen (secondary N) is 2. The van der Waals surface area contributed by atoms with Crippen LogP contribution in [-0.2, 0) is 4.79 Å². The Hall–Kier alpha value is -6.15. The standard InChI is InChI=1S/C38H30N2O6/c1-24(36(41)42)10-9-23-39-37(43)45-32-21-19-26-12-3-6-16-29(26)34(32)35-30-17-7-4-13-27(30)20-22-33(35)46-38(44)40-31-18-8-14-25-11-2-5-15-28(25)31/h2-8,10-22H,9,23H2,1H3,(H,39,43)(H,40,44)(H,41,42). The number of anilines is 1. The Balaban J connectivity index is 1.39. The predicted molar refractivity (Wildman–Crippen MR) is 181 cm³/mol. The van der Waals surface area contributed by atoms with Crippen molar-refractivity contribution in [1.29, 1.82) is 0 Å². The van der Waals surface area contributed by atoms with Gasteiger partial charge in [-0.2, -0.15) is 0 Å². The van der Waals surface area contributed by atoms with Crippen molar-refractivity contribution in [3.63, 3.8) is 0 Å². The fourth-order valence-corrected chi connectivity index (χ4v) is 5.44. The first kappa shape index (κ1) is 29.9. The molecule has 6 aromatic carbocycles. The van der Waals surface area contributed by atoms with Crippen LogP contribution in [0.1, 0.15) is 13.3 Å². The number of carbonyl (C=O) groups excluding carboxylic acids is 2. The first-order chi connectivity index (χ1) is 22.4. The van der Waals surface area contributed by atoms with Gasteiger partial charge in [-0.15, -0.1) is 0 Å². The number of carbonyl (C=O) groups is 3. The summed E-state index contributed by atoms with van der Waals surface area (Å²) in [5.74, 6) is -0.459. The van der Waals surface area contributed by atoms with Gasteiger partial charge in [-0.05, 0) is 58.5 Å². The number of rotatable bonds is 8. The molecule has 0 fully saturated rings. The van der Waals surface area contributed by atoms with E-state index in [1.165, 1.54) is 13.0 Å². The van der Waals surface area contributed by atoms with E-state index in [-0.39, 0.29) is 23.6 Å². The summed E-state index contributed by atoms with van der Waals surface area (Å²) in [6, 6.07) is 36.0. The lowest BCUT2D eigenvalue weighted by Gasteiger charge is -2.19. The maximum atomic E-state index is 13.4. The van der Waals surface area contributed by atoms with E-state index in [2.05, 4.69) is 10.6 Å². The molecule has 0 unspecified atom stereocenters. The number of benzene rings is 6. The molecule has 3 N–H and O–H groups in total. The summed E-state index contributed by atoms with van der Waals surface area (Å²) in [5, 5.41) is 19.9. The number of fused-ring (bicyclic) bond motifs is 3. The van der Waals surface area contributed by atoms with Gasteiger partial charge in [0.25, 0.3) is 0 Å². The number of hydrogen-bond acceptors (Lipinski definition) is 5. The van der Waals surface area contributed by atoms with Crippen LogP contribution in [0.15, 0.2) is 127 Å². The molecule has 6 rings (SSSR count). The third-order valence-corrected chi connectivity index (χ3v) is 7.66. The van der Waals surface area contributed by atoms with Crippen molar-refractivity contribution in [2.75, 3.05) is 11.9 Å². The molecule has 46 heavy (non-hydrogen) atoms. The van der Waals surface area contributed by atoms with Crippen molar-refractivity contribution in [1.82, 2.24) is 5.32 Å². The van der Waals surface area contributed by atoms with Gasteiger partial charge in [0.2, 0.25) is 0 Å². The molecule has 0 saturated carbocycles. The highest BCUT2D eigenvalue weighted by Gasteiger charge is 2.22. The van der Waals surface area contributed by atoms with Crippen LogP contribution < -0.4 is 20.1 Å². The molecule has 0 spiro atoms. The molecule has 0 aliphatic heterocycles. The molecule has 8 heteroatoms. The second-order valence-electron chi connectivity index (χ2n) is 10.7. The molecule has 0 saturated heterocycles. The highest BCUT2D eigenvalue weighted by Crippen LogP contribution is 2.45.